The highest BCUT2D eigenvalue weighted by Gasteiger charge is 2.06. The topological polar surface area (TPSA) is 66.5 Å². The fraction of sp³-hybridized carbons (Fsp3) is 0.444. The molecule has 0 radical (unpaired) electrons. The van der Waals surface area contributed by atoms with Gasteiger partial charge >= 0.3 is 0 Å². The van der Waals surface area contributed by atoms with Crippen LogP contribution in [-0.4, -0.2) is 26.2 Å². The van der Waals surface area contributed by atoms with Crippen LogP contribution in [0.25, 0.3) is 11.0 Å². The van der Waals surface area contributed by atoms with Crippen LogP contribution in [0.4, 0.5) is 5.82 Å². The van der Waals surface area contributed by atoms with Crippen LogP contribution in [0, 0.1) is 0 Å². The highest BCUT2D eigenvalue weighted by molar-refractivity contribution is 5.85. The van der Waals surface area contributed by atoms with E-state index < -0.39 is 0 Å². The van der Waals surface area contributed by atoms with Crippen LogP contribution in [0.5, 0.6) is 0 Å². The number of anilines is 1. The summed E-state index contributed by atoms with van der Waals surface area (Å²) in [6.07, 6.45) is 4.33. The van der Waals surface area contributed by atoms with Crippen molar-refractivity contribution in [3.05, 3.63) is 12.5 Å². The van der Waals surface area contributed by atoms with Crippen molar-refractivity contribution in [1.82, 2.24) is 20.2 Å². The summed E-state index contributed by atoms with van der Waals surface area (Å²) in [7, 11) is 0. The van der Waals surface area contributed by atoms with Crippen LogP contribution in [0.1, 0.15) is 20.3 Å². The van der Waals surface area contributed by atoms with E-state index in [0.29, 0.717) is 6.04 Å². The zero-order valence-corrected chi connectivity index (χ0v) is 8.28. The van der Waals surface area contributed by atoms with Gasteiger partial charge in [0.15, 0.2) is 5.65 Å². The molecule has 2 rings (SSSR count). The third kappa shape index (κ3) is 1.53. The van der Waals surface area contributed by atoms with Gasteiger partial charge < -0.3 is 5.32 Å². The van der Waals surface area contributed by atoms with Crippen LogP contribution in [0.15, 0.2) is 12.5 Å². The quantitative estimate of drug-likeness (QED) is 0.772. The Balaban J connectivity index is 2.36. The first-order valence-corrected chi connectivity index (χ1v) is 4.72. The van der Waals surface area contributed by atoms with E-state index >= 15 is 0 Å². The summed E-state index contributed by atoms with van der Waals surface area (Å²) in [5.41, 5.74) is 0.769. The number of hydrogen-bond donors (Lipinski definition) is 2. The van der Waals surface area contributed by atoms with Crippen LogP contribution in [-0.2, 0) is 0 Å². The molecule has 2 heterocycles. The standard InChI is InChI=1S/C9H13N5/c1-3-6(2)13-8-7-4-12-14-9(7)11-5-10-8/h4-6H,3H2,1-2H3,(H2,10,11,12,13,14). The highest BCUT2D eigenvalue weighted by Crippen LogP contribution is 2.17. The first kappa shape index (κ1) is 8.93. The molecular formula is C9H13N5. The number of rotatable bonds is 3. The Morgan fingerprint density at radius 3 is 3.14 bits per heavy atom. The van der Waals surface area contributed by atoms with Crippen molar-refractivity contribution in [1.29, 1.82) is 0 Å². The van der Waals surface area contributed by atoms with E-state index in [0.717, 1.165) is 23.3 Å². The minimum absolute atomic E-state index is 0.406. The van der Waals surface area contributed by atoms with Crippen molar-refractivity contribution < 1.29 is 0 Å². The minimum atomic E-state index is 0.406. The summed E-state index contributed by atoms with van der Waals surface area (Å²) in [6.45, 7) is 4.25. The second-order valence-electron chi connectivity index (χ2n) is 3.31. The fourth-order valence-corrected chi connectivity index (χ4v) is 1.22. The van der Waals surface area contributed by atoms with Gasteiger partial charge in [0.25, 0.3) is 0 Å². The van der Waals surface area contributed by atoms with Gasteiger partial charge in [0, 0.05) is 6.04 Å². The lowest BCUT2D eigenvalue weighted by Gasteiger charge is -2.11. The molecule has 0 bridgehead atoms. The second kappa shape index (κ2) is 3.61. The fourth-order valence-electron chi connectivity index (χ4n) is 1.22. The third-order valence-corrected chi connectivity index (χ3v) is 2.24. The van der Waals surface area contributed by atoms with Crippen LogP contribution < -0.4 is 5.32 Å². The largest absolute Gasteiger partial charge is 0.367 e. The molecule has 5 nitrogen and oxygen atoms in total. The smallest absolute Gasteiger partial charge is 0.160 e. The van der Waals surface area contributed by atoms with Gasteiger partial charge in [-0.05, 0) is 13.3 Å². The molecule has 2 aromatic heterocycles. The molecular weight excluding hydrogens is 178 g/mol. The summed E-state index contributed by atoms with van der Waals surface area (Å²) >= 11 is 0. The van der Waals surface area contributed by atoms with E-state index in [-0.39, 0.29) is 0 Å². The van der Waals surface area contributed by atoms with Gasteiger partial charge in [-0.25, -0.2) is 9.97 Å². The van der Waals surface area contributed by atoms with Crippen LogP contribution in [0.3, 0.4) is 0 Å². The summed E-state index contributed by atoms with van der Waals surface area (Å²) in [4.78, 5) is 8.25. The monoisotopic (exact) mass is 191 g/mol. The average Bonchev–Trinajstić information content (AvgIpc) is 2.66. The Hall–Kier alpha value is -1.65. The van der Waals surface area contributed by atoms with E-state index in [1.807, 2.05) is 0 Å². The maximum Gasteiger partial charge on any atom is 0.160 e. The maximum absolute atomic E-state index is 4.18. The van der Waals surface area contributed by atoms with Gasteiger partial charge in [0.2, 0.25) is 0 Å². The summed E-state index contributed by atoms with van der Waals surface area (Å²) < 4.78 is 0. The zero-order chi connectivity index (χ0) is 9.97. The molecule has 14 heavy (non-hydrogen) atoms. The molecule has 0 fully saturated rings. The SMILES string of the molecule is CCC(C)Nc1ncnc2[nH]ncc12. The predicted molar refractivity (Wildman–Crippen MR) is 55.1 cm³/mol. The van der Waals surface area contributed by atoms with Crippen molar-refractivity contribution in [2.24, 2.45) is 0 Å². The average molecular weight is 191 g/mol. The molecule has 1 atom stereocenters. The summed E-state index contributed by atoms with van der Waals surface area (Å²) in [6, 6.07) is 0.406. The molecule has 5 heteroatoms. The number of hydrogen-bond acceptors (Lipinski definition) is 4. The van der Waals surface area contributed by atoms with E-state index in [2.05, 4.69) is 39.3 Å². The lowest BCUT2D eigenvalue weighted by Crippen LogP contribution is -2.14. The van der Waals surface area contributed by atoms with Gasteiger partial charge in [-0.3, -0.25) is 5.10 Å². The van der Waals surface area contributed by atoms with Crippen LogP contribution in [0.2, 0.25) is 0 Å². The number of aromatic amines is 1. The molecule has 0 amide bonds. The molecule has 0 aliphatic carbocycles. The Bertz CT molecular complexity index is 422. The van der Waals surface area contributed by atoms with Crippen molar-refractivity contribution >= 4 is 16.9 Å². The van der Waals surface area contributed by atoms with Gasteiger partial charge in [0.05, 0.1) is 11.6 Å². The summed E-state index contributed by atoms with van der Waals surface area (Å²) in [5.74, 6) is 0.845. The van der Waals surface area contributed by atoms with E-state index in [1.165, 1.54) is 6.33 Å². The van der Waals surface area contributed by atoms with Gasteiger partial charge in [-0.15, -0.1) is 0 Å². The molecule has 0 saturated carbocycles. The summed E-state index contributed by atoms with van der Waals surface area (Å²) in [5, 5.41) is 11.0. The van der Waals surface area contributed by atoms with Crippen molar-refractivity contribution in [3.63, 3.8) is 0 Å². The number of H-pyrrole nitrogens is 1. The maximum atomic E-state index is 4.18. The van der Waals surface area contributed by atoms with E-state index in [9.17, 15) is 0 Å². The third-order valence-electron chi connectivity index (χ3n) is 2.24. The molecule has 0 aliphatic rings. The normalized spacial score (nSPS) is 13.0. The van der Waals surface area contributed by atoms with Crippen molar-refractivity contribution in [3.8, 4) is 0 Å². The van der Waals surface area contributed by atoms with E-state index in [4.69, 9.17) is 0 Å². The van der Waals surface area contributed by atoms with Crippen molar-refractivity contribution in [2.45, 2.75) is 26.3 Å². The lowest BCUT2D eigenvalue weighted by molar-refractivity contribution is 0.760. The zero-order valence-electron chi connectivity index (χ0n) is 8.28. The predicted octanol–water partition coefficient (Wildman–Crippen LogP) is 1.56. The number of nitrogens with one attached hydrogen (secondary N) is 2. The van der Waals surface area contributed by atoms with Gasteiger partial charge in [0.1, 0.15) is 12.1 Å². The molecule has 74 valence electrons. The lowest BCUT2D eigenvalue weighted by atomic mass is 10.2. The number of fused-ring (bicyclic) bond motifs is 1. The van der Waals surface area contributed by atoms with Gasteiger partial charge in [-0.1, -0.05) is 6.92 Å². The molecule has 2 N–H and O–H groups in total. The first-order chi connectivity index (χ1) is 6.81. The highest BCUT2D eigenvalue weighted by atomic mass is 15.2. The second-order valence-corrected chi connectivity index (χ2v) is 3.31. The molecule has 1 unspecified atom stereocenters. The molecule has 0 aliphatic heterocycles. The van der Waals surface area contributed by atoms with Crippen molar-refractivity contribution in [2.75, 3.05) is 5.32 Å². The first-order valence-electron chi connectivity index (χ1n) is 4.72. The van der Waals surface area contributed by atoms with E-state index in [1.54, 1.807) is 6.20 Å². The molecule has 2 aromatic rings. The Labute approximate surface area is 82.0 Å². The molecule has 0 spiro atoms. The number of aromatic nitrogens is 4. The Morgan fingerprint density at radius 1 is 1.50 bits per heavy atom. The molecule has 0 saturated heterocycles. The van der Waals surface area contributed by atoms with Gasteiger partial charge in [-0.2, -0.15) is 5.10 Å². The Kier molecular flexibility index (Phi) is 2.30. The number of nitrogens with zero attached hydrogens (tertiary/aromatic N) is 3. The molecule has 0 aromatic carbocycles. The van der Waals surface area contributed by atoms with Crippen LogP contribution >= 0.6 is 0 Å². The Morgan fingerprint density at radius 2 is 2.36 bits per heavy atom. The minimum Gasteiger partial charge on any atom is -0.367 e.